The van der Waals surface area contributed by atoms with E-state index in [1.807, 2.05) is 15.8 Å². The summed E-state index contributed by atoms with van der Waals surface area (Å²) in [5.74, 6) is 4.96. The van der Waals surface area contributed by atoms with Gasteiger partial charge in [0.25, 0.3) is 5.56 Å². The van der Waals surface area contributed by atoms with E-state index in [9.17, 15) is 4.79 Å². The van der Waals surface area contributed by atoms with Crippen LogP contribution in [0, 0.1) is 5.92 Å². The van der Waals surface area contributed by atoms with Crippen LogP contribution < -0.4 is 5.56 Å². The van der Waals surface area contributed by atoms with Gasteiger partial charge in [0, 0.05) is 19.0 Å². The first-order valence-electron chi connectivity index (χ1n) is 10.2. The highest BCUT2D eigenvalue weighted by Gasteiger charge is 2.37. The molecule has 2 aliphatic rings. The van der Waals surface area contributed by atoms with Crippen molar-refractivity contribution in [2.45, 2.75) is 51.2 Å². The van der Waals surface area contributed by atoms with E-state index in [1.54, 1.807) is 11.6 Å². The first-order valence-corrected chi connectivity index (χ1v) is 11.1. The summed E-state index contributed by atoms with van der Waals surface area (Å²) in [6, 6.07) is 6.81. The maximum absolute atomic E-state index is 12.5. The van der Waals surface area contributed by atoms with Crippen LogP contribution in [0.2, 0.25) is 0 Å². The summed E-state index contributed by atoms with van der Waals surface area (Å²) in [6.07, 6.45) is 3.65. The molecule has 0 radical (unpaired) electrons. The lowest BCUT2D eigenvalue weighted by Gasteiger charge is -2.20. The number of fused-ring (bicyclic) bond motifs is 3. The molecule has 4 aromatic heterocycles. The number of rotatable bonds is 6. The molecule has 2 unspecified atom stereocenters. The van der Waals surface area contributed by atoms with E-state index < -0.39 is 0 Å². The minimum atomic E-state index is -0.0158. The molecule has 4 aromatic rings. The topological polar surface area (TPSA) is 68.6 Å². The summed E-state index contributed by atoms with van der Waals surface area (Å²) < 4.78 is 10.5. The third-order valence-corrected chi connectivity index (χ3v) is 7.21. The molecule has 6 rings (SSSR count). The highest BCUT2D eigenvalue weighted by molar-refractivity contribution is 7.17. The van der Waals surface area contributed by atoms with E-state index in [0.717, 1.165) is 40.0 Å². The Morgan fingerprint density at radius 1 is 1.24 bits per heavy atom. The molecule has 2 atom stereocenters. The van der Waals surface area contributed by atoms with Crippen LogP contribution in [0.5, 0.6) is 0 Å². The average molecular weight is 410 g/mol. The first kappa shape index (κ1) is 17.4. The minimum absolute atomic E-state index is 0.0158. The average Bonchev–Trinajstić information content (AvgIpc) is 3.50. The van der Waals surface area contributed by atoms with Gasteiger partial charge in [-0.05, 0) is 48.8 Å². The van der Waals surface area contributed by atoms with Crippen molar-refractivity contribution in [1.29, 1.82) is 0 Å². The molecule has 0 bridgehead atoms. The van der Waals surface area contributed by atoms with Gasteiger partial charge in [0.1, 0.15) is 16.2 Å². The fourth-order valence-electron chi connectivity index (χ4n) is 4.29. The van der Waals surface area contributed by atoms with Gasteiger partial charge in [-0.25, -0.2) is 0 Å². The van der Waals surface area contributed by atoms with Gasteiger partial charge in [0.2, 0.25) is 5.78 Å². The summed E-state index contributed by atoms with van der Waals surface area (Å²) in [6.45, 7) is 3.74. The zero-order chi connectivity index (χ0) is 19.7. The monoisotopic (exact) mass is 409 g/mol. The second kappa shape index (κ2) is 6.27. The van der Waals surface area contributed by atoms with Gasteiger partial charge in [0.05, 0.1) is 18.6 Å². The molecule has 8 heteroatoms. The second-order valence-electron chi connectivity index (χ2n) is 8.51. The van der Waals surface area contributed by atoms with E-state index >= 15 is 0 Å². The van der Waals surface area contributed by atoms with Gasteiger partial charge in [-0.3, -0.25) is 18.7 Å². The number of hydrogen-bond donors (Lipinski definition) is 0. The Hall–Kier alpha value is -2.45. The molecule has 2 aliphatic carbocycles. The minimum Gasteiger partial charge on any atom is -0.464 e. The lowest BCUT2D eigenvalue weighted by Crippen LogP contribution is -2.26. The van der Waals surface area contributed by atoms with Gasteiger partial charge in [-0.1, -0.05) is 6.92 Å². The lowest BCUT2D eigenvalue weighted by molar-refractivity contribution is 0.217. The van der Waals surface area contributed by atoms with Crippen LogP contribution in [0.3, 0.4) is 0 Å². The number of thiophene rings is 1. The number of hydrogen-bond acceptors (Lipinski definition) is 6. The van der Waals surface area contributed by atoms with Crippen LogP contribution in [-0.2, 0) is 20.1 Å². The highest BCUT2D eigenvalue weighted by atomic mass is 32.1. The largest absolute Gasteiger partial charge is 0.464 e. The van der Waals surface area contributed by atoms with Crippen molar-refractivity contribution in [3.8, 4) is 0 Å². The van der Waals surface area contributed by atoms with Gasteiger partial charge in [-0.2, -0.15) is 0 Å². The van der Waals surface area contributed by atoms with Crippen molar-refractivity contribution in [3.05, 3.63) is 51.3 Å². The van der Waals surface area contributed by atoms with Crippen molar-refractivity contribution in [1.82, 2.24) is 24.1 Å². The van der Waals surface area contributed by atoms with E-state index in [2.05, 4.69) is 34.2 Å². The molecule has 0 N–H and O–H groups in total. The second-order valence-corrected chi connectivity index (χ2v) is 9.43. The molecule has 2 fully saturated rings. The van der Waals surface area contributed by atoms with Gasteiger partial charge in [0.15, 0.2) is 5.82 Å². The summed E-state index contributed by atoms with van der Waals surface area (Å²) in [7, 11) is 1.76. The van der Waals surface area contributed by atoms with Crippen LogP contribution >= 0.6 is 11.3 Å². The molecule has 0 aliphatic heterocycles. The Morgan fingerprint density at radius 2 is 2.07 bits per heavy atom. The molecule has 7 nitrogen and oxygen atoms in total. The molecular weight excluding hydrogens is 386 g/mol. The van der Waals surface area contributed by atoms with Crippen molar-refractivity contribution in [2.24, 2.45) is 13.0 Å². The van der Waals surface area contributed by atoms with Crippen LogP contribution in [0.25, 0.3) is 16.0 Å². The molecule has 0 spiro atoms. The highest BCUT2D eigenvalue weighted by Crippen LogP contribution is 2.47. The van der Waals surface area contributed by atoms with E-state index in [1.165, 1.54) is 30.6 Å². The van der Waals surface area contributed by atoms with Crippen LogP contribution in [0.1, 0.15) is 49.4 Å². The van der Waals surface area contributed by atoms with E-state index in [-0.39, 0.29) is 5.56 Å². The summed E-state index contributed by atoms with van der Waals surface area (Å²) in [5.41, 5.74) is 0.879. The number of aromatic nitrogens is 4. The number of aryl methyl sites for hydroxylation is 1. The Morgan fingerprint density at radius 3 is 2.83 bits per heavy atom. The molecule has 0 amide bonds. The summed E-state index contributed by atoms with van der Waals surface area (Å²) in [4.78, 5) is 15.0. The van der Waals surface area contributed by atoms with Gasteiger partial charge >= 0.3 is 0 Å². The van der Waals surface area contributed by atoms with Crippen molar-refractivity contribution < 1.29 is 4.42 Å². The Labute approximate surface area is 171 Å². The SMILES string of the molecule is CC1CC1c1ccc(CN(Cc2nnc3n(C)c(=O)c4sccc4n23)C2CC2)o1. The van der Waals surface area contributed by atoms with Crippen molar-refractivity contribution in [2.75, 3.05) is 0 Å². The van der Waals surface area contributed by atoms with Crippen molar-refractivity contribution in [3.63, 3.8) is 0 Å². The van der Waals surface area contributed by atoms with Crippen LogP contribution in [0.4, 0.5) is 0 Å². The molecule has 150 valence electrons. The fourth-order valence-corrected chi connectivity index (χ4v) is 5.14. The quantitative estimate of drug-likeness (QED) is 0.487. The van der Waals surface area contributed by atoms with Gasteiger partial charge in [-0.15, -0.1) is 21.5 Å². The first-order chi connectivity index (χ1) is 14.1. The molecule has 29 heavy (non-hydrogen) atoms. The van der Waals surface area contributed by atoms with E-state index in [0.29, 0.717) is 24.3 Å². The normalized spacial score (nSPS) is 21.6. The molecule has 0 aromatic carbocycles. The molecular formula is C21H23N5O2S. The Bertz CT molecular complexity index is 1280. The van der Waals surface area contributed by atoms with E-state index in [4.69, 9.17) is 4.42 Å². The third kappa shape index (κ3) is 2.85. The third-order valence-electron chi connectivity index (χ3n) is 6.32. The number of nitrogens with zero attached hydrogens (tertiary/aromatic N) is 5. The standard InChI is InChI=1S/C21H23N5O2S/c1-12-9-15(12)17-6-5-14(28-17)10-25(13-3-4-13)11-18-22-23-21-24(2)20(27)19-16(26(18)21)7-8-29-19/h5-8,12-13,15H,3-4,9-11H2,1-2H3. The van der Waals surface area contributed by atoms with Gasteiger partial charge < -0.3 is 4.42 Å². The summed E-state index contributed by atoms with van der Waals surface area (Å²) in [5, 5.41) is 10.7. The molecule has 4 heterocycles. The lowest BCUT2D eigenvalue weighted by atomic mass is 10.3. The Kier molecular flexibility index (Phi) is 3.77. The zero-order valence-electron chi connectivity index (χ0n) is 16.5. The molecule has 2 saturated carbocycles. The zero-order valence-corrected chi connectivity index (χ0v) is 17.4. The maximum Gasteiger partial charge on any atom is 0.272 e. The van der Waals surface area contributed by atoms with Crippen LogP contribution in [-0.4, -0.2) is 30.1 Å². The Balaban J connectivity index is 1.34. The predicted octanol–water partition coefficient (Wildman–Crippen LogP) is 3.52. The number of furan rings is 1. The summed E-state index contributed by atoms with van der Waals surface area (Å²) >= 11 is 1.47. The van der Waals surface area contributed by atoms with Crippen molar-refractivity contribution >= 4 is 27.3 Å². The maximum atomic E-state index is 12.5. The fraction of sp³-hybridized carbons (Fsp3) is 0.476. The predicted molar refractivity (Wildman–Crippen MR) is 111 cm³/mol. The van der Waals surface area contributed by atoms with Crippen LogP contribution in [0.15, 0.2) is 32.8 Å². The smallest absolute Gasteiger partial charge is 0.272 e. The molecule has 0 saturated heterocycles.